The molecule has 86 valence electrons. The van der Waals surface area contributed by atoms with Gasteiger partial charge in [-0.3, -0.25) is 0 Å². The lowest BCUT2D eigenvalue weighted by Crippen LogP contribution is -2.08. The van der Waals surface area contributed by atoms with Crippen LogP contribution in [0.5, 0.6) is 0 Å². The average molecular weight is 237 g/mol. The highest BCUT2D eigenvalue weighted by Crippen LogP contribution is 2.35. The molecule has 0 bridgehead atoms. The molecule has 1 aliphatic carbocycles. The van der Waals surface area contributed by atoms with Gasteiger partial charge in [-0.2, -0.15) is 0 Å². The van der Waals surface area contributed by atoms with Gasteiger partial charge in [0.15, 0.2) is 9.84 Å². The summed E-state index contributed by atoms with van der Waals surface area (Å²) in [7, 11) is -3.12. The van der Waals surface area contributed by atoms with Crippen molar-refractivity contribution in [2.75, 3.05) is 6.54 Å². The van der Waals surface area contributed by atoms with Crippen molar-refractivity contribution in [3.05, 3.63) is 35.9 Å². The van der Waals surface area contributed by atoms with Gasteiger partial charge in [0, 0.05) is 6.54 Å². The number of hydrogen-bond acceptors (Lipinski definition) is 3. The van der Waals surface area contributed by atoms with E-state index in [9.17, 15) is 8.42 Å². The normalized spacial score (nSPS) is 16.8. The molecule has 2 N–H and O–H groups in total. The van der Waals surface area contributed by atoms with Crippen LogP contribution in [0.15, 0.2) is 35.2 Å². The van der Waals surface area contributed by atoms with Gasteiger partial charge in [-0.05, 0) is 24.5 Å². The van der Waals surface area contributed by atoms with E-state index in [4.69, 9.17) is 5.73 Å². The Kier molecular flexibility index (Phi) is 3.12. The van der Waals surface area contributed by atoms with Crippen LogP contribution >= 0.6 is 0 Å². The minimum Gasteiger partial charge on any atom is -0.327 e. The molecule has 1 aromatic carbocycles. The van der Waals surface area contributed by atoms with E-state index in [1.54, 1.807) is 30.4 Å². The first-order valence-electron chi connectivity index (χ1n) is 5.36. The molecule has 0 aromatic heterocycles. The third-order valence-electron chi connectivity index (χ3n) is 2.62. The van der Waals surface area contributed by atoms with Crippen molar-refractivity contribution in [2.24, 2.45) is 5.73 Å². The molecule has 1 aromatic rings. The first-order chi connectivity index (χ1) is 7.66. The van der Waals surface area contributed by atoms with E-state index in [0.29, 0.717) is 11.4 Å². The highest BCUT2D eigenvalue weighted by Gasteiger charge is 2.37. The second-order valence-corrected chi connectivity index (χ2v) is 6.12. The zero-order chi connectivity index (χ0) is 11.6. The van der Waals surface area contributed by atoms with Crippen LogP contribution in [-0.2, 0) is 9.84 Å². The van der Waals surface area contributed by atoms with Crippen molar-refractivity contribution in [3.8, 4) is 0 Å². The molecule has 0 amide bonds. The molecule has 0 unspecified atom stereocenters. The van der Waals surface area contributed by atoms with Gasteiger partial charge in [0.2, 0.25) is 0 Å². The van der Waals surface area contributed by atoms with Crippen LogP contribution in [0.2, 0.25) is 0 Å². The van der Waals surface area contributed by atoms with E-state index < -0.39 is 9.84 Å². The molecule has 0 spiro atoms. The number of benzene rings is 1. The highest BCUT2D eigenvalue weighted by molar-refractivity contribution is 7.92. The van der Waals surface area contributed by atoms with E-state index in [0.717, 1.165) is 18.4 Å². The molecule has 1 fully saturated rings. The fourth-order valence-electron chi connectivity index (χ4n) is 1.63. The molecule has 16 heavy (non-hydrogen) atoms. The predicted molar refractivity (Wildman–Crippen MR) is 64.7 cm³/mol. The standard InChI is InChI=1S/C12H15NO2S/c13-9-3-5-10-4-1-2-6-12(10)16(14,15)11-7-8-11/h1-6,11H,7-9,13H2/b5-3+. The van der Waals surface area contributed by atoms with E-state index in [1.165, 1.54) is 0 Å². The molecule has 0 radical (unpaired) electrons. The second-order valence-electron chi connectivity index (χ2n) is 3.92. The summed E-state index contributed by atoms with van der Waals surface area (Å²) in [6, 6.07) is 7.07. The van der Waals surface area contributed by atoms with Crippen LogP contribution in [0.3, 0.4) is 0 Å². The maximum absolute atomic E-state index is 12.1. The Bertz CT molecular complexity index is 502. The van der Waals surface area contributed by atoms with Gasteiger partial charge >= 0.3 is 0 Å². The fourth-order valence-corrected chi connectivity index (χ4v) is 3.48. The maximum Gasteiger partial charge on any atom is 0.181 e. The van der Waals surface area contributed by atoms with Crippen LogP contribution in [0, 0.1) is 0 Å². The van der Waals surface area contributed by atoms with E-state index in [1.807, 2.05) is 6.07 Å². The van der Waals surface area contributed by atoms with Crippen LogP contribution in [0.4, 0.5) is 0 Å². The van der Waals surface area contributed by atoms with Gasteiger partial charge in [0.25, 0.3) is 0 Å². The van der Waals surface area contributed by atoms with Crippen molar-refractivity contribution in [2.45, 2.75) is 23.0 Å². The largest absolute Gasteiger partial charge is 0.327 e. The lowest BCUT2D eigenvalue weighted by Gasteiger charge is -2.06. The third kappa shape index (κ3) is 2.18. The lowest BCUT2D eigenvalue weighted by molar-refractivity contribution is 0.594. The molecule has 4 heteroatoms. The summed E-state index contributed by atoms with van der Waals surface area (Å²) in [6.07, 6.45) is 5.12. The van der Waals surface area contributed by atoms with Crippen LogP contribution < -0.4 is 5.73 Å². The SMILES string of the molecule is NC/C=C/c1ccccc1S(=O)(=O)C1CC1. The third-order valence-corrected chi connectivity index (χ3v) is 4.96. The lowest BCUT2D eigenvalue weighted by atomic mass is 10.2. The Morgan fingerprint density at radius 3 is 2.62 bits per heavy atom. The number of hydrogen-bond donors (Lipinski definition) is 1. The minimum absolute atomic E-state index is 0.167. The Morgan fingerprint density at radius 1 is 1.31 bits per heavy atom. The second kappa shape index (κ2) is 4.39. The highest BCUT2D eigenvalue weighted by atomic mass is 32.2. The average Bonchev–Trinajstić information content (AvgIpc) is 3.10. The van der Waals surface area contributed by atoms with Crippen molar-refractivity contribution in [1.29, 1.82) is 0 Å². The molecule has 1 aliphatic rings. The van der Waals surface area contributed by atoms with Crippen molar-refractivity contribution < 1.29 is 8.42 Å². The first kappa shape index (κ1) is 11.4. The number of rotatable bonds is 4. The first-order valence-corrected chi connectivity index (χ1v) is 6.90. The molecule has 0 atom stereocenters. The Labute approximate surface area is 95.9 Å². The topological polar surface area (TPSA) is 60.2 Å². The number of nitrogens with two attached hydrogens (primary N) is 1. The zero-order valence-corrected chi connectivity index (χ0v) is 9.78. The van der Waals surface area contributed by atoms with E-state index >= 15 is 0 Å². The zero-order valence-electron chi connectivity index (χ0n) is 8.96. The van der Waals surface area contributed by atoms with Gasteiger partial charge < -0.3 is 5.73 Å². The summed E-state index contributed by atoms with van der Waals surface area (Å²) < 4.78 is 24.2. The van der Waals surface area contributed by atoms with Crippen molar-refractivity contribution in [1.82, 2.24) is 0 Å². The predicted octanol–water partition coefficient (Wildman–Crippen LogP) is 1.59. The quantitative estimate of drug-likeness (QED) is 0.865. The molecule has 3 nitrogen and oxygen atoms in total. The van der Waals surface area contributed by atoms with Crippen LogP contribution in [0.25, 0.3) is 6.08 Å². The van der Waals surface area contributed by atoms with Gasteiger partial charge in [-0.25, -0.2) is 8.42 Å². The Balaban J connectivity index is 2.43. The number of sulfone groups is 1. The monoisotopic (exact) mass is 237 g/mol. The van der Waals surface area contributed by atoms with Gasteiger partial charge in [-0.15, -0.1) is 0 Å². The summed E-state index contributed by atoms with van der Waals surface area (Å²) in [6.45, 7) is 0.414. The van der Waals surface area contributed by atoms with E-state index in [-0.39, 0.29) is 5.25 Å². The Morgan fingerprint density at radius 2 is 2.00 bits per heavy atom. The summed E-state index contributed by atoms with van der Waals surface area (Å²) in [5.41, 5.74) is 6.11. The van der Waals surface area contributed by atoms with Gasteiger partial charge in [0.05, 0.1) is 10.1 Å². The van der Waals surface area contributed by atoms with Crippen LogP contribution in [0.1, 0.15) is 18.4 Å². The molecular weight excluding hydrogens is 222 g/mol. The van der Waals surface area contributed by atoms with Crippen LogP contribution in [-0.4, -0.2) is 20.2 Å². The minimum atomic E-state index is -3.12. The molecule has 2 rings (SSSR count). The van der Waals surface area contributed by atoms with Gasteiger partial charge in [0.1, 0.15) is 0 Å². The summed E-state index contributed by atoms with van der Waals surface area (Å²) in [5, 5.41) is -0.167. The maximum atomic E-state index is 12.1. The van der Waals surface area contributed by atoms with Crippen molar-refractivity contribution in [3.63, 3.8) is 0 Å². The fraction of sp³-hybridized carbons (Fsp3) is 0.333. The Hall–Kier alpha value is -1.13. The molecular formula is C12H15NO2S. The van der Waals surface area contributed by atoms with Gasteiger partial charge in [-0.1, -0.05) is 30.4 Å². The molecule has 1 saturated carbocycles. The summed E-state index contributed by atoms with van der Waals surface area (Å²) in [4.78, 5) is 0.433. The smallest absolute Gasteiger partial charge is 0.181 e. The summed E-state index contributed by atoms with van der Waals surface area (Å²) in [5.74, 6) is 0. The molecule has 0 saturated heterocycles. The molecule has 0 heterocycles. The van der Waals surface area contributed by atoms with Crippen molar-refractivity contribution >= 4 is 15.9 Å². The molecule has 0 aliphatic heterocycles. The van der Waals surface area contributed by atoms with E-state index in [2.05, 4.69) is 0 Å². The summed E-state index contributed by atoms with van der Waals surface area (Å²) >= 11 is 0.